The van der Waals surface area contributed by atoms with E-state index in [2.05, 4.69) is 5.32 Å². The number of ketones is 1. The summed E-state index contributed by atoms with van der Waals surface area (Å²) in [5.74, 6) is -0.574. The number of ether oxygens (including phenoxy) is 2. The molecule has 1 rings (SSSR count). The maximum Gasteiger partial charge on any atom is 0.410 e. The number of carbonyl (C=O) groups is 3. The lowest BCUT2D eigenvalue weighted by atomic mass is 9.89. The molecule has 0 bridgehead atoms. The quantitative estimate of drug-likeness (QED) is 0.608. The molecule has 6 heteroatoms. The number of carbonyl (C=O) groups excluding carboxylic acids is 3. The molecule has 0 aromatic heterocycles. The van der Waals surface area contributed by atoms with Crippen molar-refractivity contribution in [2.45, 2.75) is 52.2 Å². The van der Waals surface area contributed by atoms with Gasteiger partial charge < -0.3 is 14.8 Å². The Kier molecular flexibility index (Phi) is 6.32. The molecule has 1 aliphatic rings. The van der Waals surface area contributed by atoms with Crippen molar-refractivity contribution in [3.8, 4) is 0 Å². The van der Waals surface area contributed by atoms with Crippen molar-refractivity contribution in [3.63, 3.8) is 0 Å². The number of esters is 1. The van der Waals surface area contributed by atoms with Crippen LogP contribution in [0.2, 0.25) is 0 Å². The van der Waals surface area contributed by atoms with Gasteiger partial charge >= 0.3 is 12.1 Å². The summed E-state index contributed by atoms with van der Waals surface area (Å²) in [6, 6.07) is 0. The van der Waals surface area contributed by atoms with Crippen LogP contribution >= 0.6 is 0 Å². The number of nitrogens with one attached hydrogen (secondary N) is 1. The molecule has 0 spiro atoms. The van der Waals surface area contributed by atoms with Crippen molar-refractivity contribution >= 4 is 17.8 Å². The van der Waals surface area contributed by atoms with Crippen LogP contribution in [0.25, 0.3) is 0 Å². The molecule has 108 valence electrons. The first kappa shape index (κ1) is 15.5. The predicted octanol–water partition coefficient (Wildman–Crippen LogP) is 1.77. The third-order valence-electron chi connectivity index (χ3n) is 2.98. The molecular formula is C13H21NO5. The molecule has 0 radical (unpaired) electrons. The van der Waals surface area contributed by atoms with Gasteiger partial charge in [-0.05, 0) is 19.8 Å². The van der Waals surface area contributed by atoms with E-state index in [-0.39, 0.29) is 24.2 Å². The van der Waals surface area contributed by atoms with Gasteiger partial charge in [-0.15, -0.1) is 0 Å². The van der Waals surface area contributed by atoms with E-state index < -0.39 is 12.4 Å². The molecule has 1 N–H and O–H groups in total. The maximum absolute atomic E-state index is 11.8. The van der Waals surface area contributed by atoms with Gasteiger partial charge in [0.2, 0.25) is 6.29 Å². The third-order valence-corrected chi connectivity index (χ3v) is 2.98. The Balaban J connectivity index is 2.25. The van der Waals surface area contributed by atoms with Crippen molar-refractivity contribution in [3.05, 3.63) is 0 Å². The highest BCUT2D eigenvalue weighted by atomic mass is 16.7. The number of Topliss-reactive ketones (excluding diaryl/α,β-unsaturated/α-hetero) is 1. The first-order valence-electron chi connectivity index (χ1n) is 6.63. The van der Waals surface area contributed by atoms with Crippen molar-refractivity contribution in [2.24, 2.45) is 5.92 Å². The Labute approximate surface area is 112 Å². The molecule has 0 aromatic rings. The Morgan fingerprint density at radius 3 is 2.37 bits per heavy atom. The minimum atomic E-state index is -0.943. The van der Waals surface area contributed by atoms with Crippen molar-refractivity contribution in [1.82, 2.24) is 5.32 Å². The average Bonchev–Trinajstić information content (AvgIpc) is 2.37. The molecule has 0 aliphatic heterocycles. The van der Waals surface area contributed by atoms with Gasteiger partial charge in [0.15, 0.2) is 0 Å². The van der Waals surface area contributed by atoms with Gasteiger partial charge in [0.25, 0.3) is 0 Å². The van der Waals surface area contributed by atoms with Crippen LogP contribution in [0, 0.1) is 5.92 Å². The summed E-state index contributed by atoms with van der Waals surface area (Å²) in [7, 11) is 0. The fourth-order valence-electron chi connectivity index (χ4n) is 2.01. The summed E-state index contributed by atoms with van der Waals surface area (Å²) in [6.45, 7) is 2.74. The van der Waals surface area contributed by atoms with Gasteiger partial charge in [0.1, 0.15) is 5.78 Å². The standard InChI is InChI=1S/C13H21NO5/c1-9(15)8-14-13(17)19-10(2)18-12(16)11-6-4-3-5-7-11/h10-11H,3-8H2,1-2H3,(H,14,17). The maximum atomic E-state index is 11.8. The Morgan fingerprint density at radius 2 is 1.79 bits per heavy atom. The van der Waals surface area contributed by atoms with E-state index in [1.54, 1.807) is 0 Å². The second kappa shape index (κ2) is 7.76. The first-order chi connectivity index (χ1) is 8.99. The predicted molar refractivity (Wildman–Crippen MR) is 67.3 cm³/mol. The fraction of sp³-hybridized carbons (Fsp3) is 0.769. The summed E-state index contributed by atoms with van der Waals surface area (Å²) in [5.41, 5.74) is 0. The van der Waals surface area contributed by atoms with E-state index in [4.69, 9.17) is 9.47 Å². The lowest BCUT2D eigenvalue weighted by Crippen LogP contribution is -2.34. The molecule has 1 saturated carbocycles. The summed E-state index contributed by atoms with van der Waals surface area (Å²) in [6.07, 6.45) is 3.19. The zero-order chi connectivity index (χ0) is 14.3. The lowest BCUT2D eigenvalue weighted by Gasteiger charge is -2.22. The molecule has 19 heavy (non-hydrogen) atoms. The molecule has 1 unspecified atom stereocenters. The fourth-order valence-corrected chi connectivity index (χ4v) is 2.01. The van der Waals surface area contributed by atoms with E-state index in [1.807, 2.05) is 0 Å². The Bertz CT molecular complexity index is 336. The van der Waals surface area contributed by atoms with E-state index in [0.717, 1.165) is 32.1 Å². The van der Waals surface area contributed by atoms with Crippen molar-refractivity contribution in [1.29, 1.82) is 0 Å². The van der Waals surface area contributed by atoms with Gasteiger partial charge in [-0.1, -0.05) is 19.3 Å². The van der Waals surface area contributed by atoms with Crippen LogP contribution in [-0.2, 0) is 19.1 Å². The smallest absolute Gasteiger partial charge is 0.410 e. The number of amides is 1. The average molecular weight is 271 g/mol. The van der Waals surface area contributed by atoms with E-state index in [9.17, 15) is 14.4 Å². The van der Waals surface area contributed by atoms with Crippen LogP contribution in [0.5, 0.6) is 0 Å². The zero-order valence-electron chi connectivity index (χ0n) is 11.4. The van der Waals surface area contributed by atoms with Crippen LogP contribution in [0.4, 0.5) is 4.79 Å². The van der Waals surface area contributed by atoms with Crippen LogP contribution in [-0.4, -0.2) is 30.7 Å². The van der Waals surface area contributed by atoms with E-state index in [0.29, 0.717) is 0 Å². The first-order valence-corrected chi connectivity index (χ1v) is 6.63. The highest BCUT2D eigenvalue weighted by molar-refractivity contribution is 5.81. The molecule has 0 aromatic carbocycles. The van der Waals surface area contributed by atoms with Crippen LogP contribution in [0.1, 0.15) is 46.0 Å². The Morgan fingerprint density at radius 1 is 1.16 bits per heavy atom. The minimum Gasteiger partial charge on any atom is -0.425 e. The van der Waals surface area contributed by atoms with Crippen LogP contribution in [0.3, 0.4) is 0 Å². The number of hydrogen-bond donors (Lipinski definition) is 1. The van der Waals surface area contributed by atoms with Crippen LogP contribution in [0.15, 0.2) is 0 Å². The molecule has 1 aliphatic carbocycles. The molecule has 1 atom stereocenters. The second-order valence-electron chi connectivity index (χ2n) is 4.80. The van der Waals surface area contributed by atoms with Crippen molar-refractivity contribution < 1.29 is 23.9 Å². The zero-order valence-corrected chi connectivity index (χ0v) is 11.4. The van der Waals surface area contributed by atoms with Gasteiger partial charge in [-0.25, -0.2) is 4.79 Å². The largest absolute Gasteiger partial charge is 0.425 e. The topological polar surface area (TPSA) is 81.7 Å². The second-order valence-corrected chi connectivity index (χ2v) is 4.80. The summed E-state index contributed by atoms with van der Waals surface area (Å²) in [5, 5.41) is 2.26. The number of alkyl carbamates (subject to hydrolysis) is 1. The SMILES string of the molecule is CC(=O)CNC(=O)OC(C)OC(=O)C1CCCCC1. The monoisotopic (exact) mass is 271 g/mol. The normalized spacial score (nSPS) is 17.4. The molecule has 6 nitrogen and oxygen atoms in total. The van der Waals surface area contributed by atoms with Crippen molar-refractivity contribution in [2.75, 3.05) is 6.54 Å². The van der Waals surface area contributed by atoms with E-state index in [1.165, 1.54) is 13.8 Å². The molecule has 0 heterocycles. The molecular weight excluding hydrogens is 250 g/mol. The van der Waals surface area contributed by atoms with Gasteiger partial charge in [0, 0.05) is 6.92 Å². The Hall–Kier alpha value is -1.59. The lowest BCUT2D eigenvalue weighted by molar-refractivity contribution is -0.171. The summed E-state index contributed by atoms with van der Waals surface area (Å²) >= 11 is 0. The van der Waals surface area contributed by atoms with E-state index >= 15 is 0 Å². The molecule has 0 saturated heterocycles. The summed E-state index contributed by atoms with van der Waals surface area (Å²) < 4.78 is 9.88. The third kappa shape index (κ3) is 6.22. The summed E-state index contributed by atoms with van der Waals surface area (Å²) in [4.78, 5) is 33.7. The van der Waals surface area contributed by atoms with Gasteiger partial charge in [-0.3, -0.25) is 9.59 Å². The highest BCUT2D eigenvalue weighted by Gasteiger charge is 2.25. The molecule has 1 amide bonds. The highest BCUT2D eigenvalue weighted by Crippen LogP contribution is 2.25. The number of rotatable bonds is 5. The van der Waals surface area contributed by atoms with Gasteiger partial charge in [0.05, 0.1) is 12.5 Å². The van der Waals surface area contributed by atoms with Crippen LogP contribution < -0.4 is 5.32 Å². The number of hydrogen-bond acceptors (Lipinski definition) is 5. The van der Waals surface area contributed by atoms with Gasteiger partial charge in [-0.2, -0.15) is 0 Å². The minimum absolute atomic E-state index is 0.0833. The molecule has 1 fully saturated rings.